The first-order valence-corrected chi connectivity index (χ1v) is 8.70. The SMILES string of the molecule is CC1(C)OB(c2ccc(-c3cn(CC4CC4)nn3)cc2)OC1(C)C. The fourth-order valence-corrected chi connectivity index (χ4v) is 2.88. The second-order valence-electron chi connectivity index (χ2n) is 7.98. The van der Waals surface area contributed by atoms with Gasteiger partial charge in [-0.05, 0) is 51.9 Å². The van der Waals surface area contributed by atoms with Gasteiger partial charge >= 0.3 is 7.12 Å². The minimum Gasteiger partial charge on any atom is -0.399 e. The van der Waals surface area contributed by atoms with E-state index in [0.29, 0.717) is 0 Å². The van der Waals surface area contributed by atoms with Gasteiger partial charge in [0.1, 0.15) is 5.69 Å². The summed E-state index contributed by atoms with van der Waals surface area (Å²) >= 11 is 0. The number of aromatic nitrogens is 3. The first kappa shape index (κ1) is 15.8. The van der Waals surface area contributed by atoms with Gasteiger partial charge in [0.15, 0.2) is 0 Å². The first-order valence-electron chi connectivity index (χ1n) is 8.70. The maximum Gasteiger partial charge on any atom is 0.494 e. The molecule has 0 N–H and O–H groups in total. The van der Waals surface area contributed by atoms with Crippen LogP contribution in [-0.4, -0.2) is 33.3 Å². The molecule has 6 heteroatoms. The number of hydrogen-bond acceptors (Lipinski definition) is 4. The molecule has 5 nitrogen and oxygen atoms in total. The molecule has 2 aliphatic rings. The molecule has 1 aliphatic carbocycles. The van der Waals surface area contributed by atoms with Crippen LogP contribution >= 0.6 is 0 Å². The van der Waals surface area contributed by atoms with Gasteiger partial charge in [0, 0.05) is 12.1 Å². The van der Waals surface area contributed by atoms with Gasteiger partial charge in [-0.25, -0.2) is 0 Å². The number of benzene rings is 1. The summed E-state index contributed by atoms with van der Waals surface area (Å²) in [6.45, 7) is 9.26. The Morgan fingerprint density at radius 1 is 1.08 bits per heavy atom. The second kappa shape index (κ2) is 5.43. The molecule has 1 saturated carbocycles. The van der Waals surface area contributed by atoms with Crippen LogP contribution in [0.4, 0.5) is 0 Å². The predicted octanol–water partition coefficient (Wildman–Crippen LogP) is 2.65. The Morgan fingerprint density at radius 2 is 1.71 bits per heavy atom. The lowest BCUT2D eigenvalue weighted by molar-refractivity contribution is 0.00578. The summed E-state index contributed by atoms with van der Waals surface area (Å²) < 4.78 is 14.1. The quantitative estimate of drug-likeness (QED) is 0.811. The van der Waals surface area contributed by atoms with Gasteiger partial charge in [-0.1, -0.05) is 29.5 Å². The zero-order chi connectivity index (χ0) is 16.9. The summed E-state index contributed by atoms with van der Waals surface area (Å²) in [4.78, 5) is 0. The van der Waals surface area contributed by atoms with Crippen molar-refractivity contribution in [2.45, 2.75) is 58.3 Å². The molecule has 0 amide bonds. The van der Waals surface area contributed by atoms with Crippen LogP contribution in [0.25, 0.3) is 11.3 Å². The third-order valence-electron chi connectivity index (χ3n) is 5.41. The fraction of sp³-hybridized carbons (Fsp3) is 0.556. The van der Waals surface area contributed by atoms with Crippen molar-refractivity contribution in [3.8, 4) is 11.3 Å². The highest BCUT2D eigenvalue weighted by Crippen LogP contribution is 2.36. The Balaban J connectivity index is 1.49. The molecule has 0 spiro atoms. The van der Waals surface area contributed by atoms with Crippen LogP contribution in [0.15, 0.2) is 30.5 Å². The second-order valence-corrected chi connectivity index (χ2v) is 7.98. The van der Waals surface area contributed by atoms with Gasteiger partial charge in [-0.15, -0.1) is 5.10 Å². The number of rotatable bonds is 4. The van der Waals surface area contributed by atoms with Crippen LogP contribution in [-0.2, 0) is 15.9 Å². The normalized spacial score (nSPS) is 22.1. The average molecular weight is 325 g/mol. The van der Waals surface area contributed by atoms with Crippen molar-refractivity contribution in [2.24, 2.45) is 5.92 Å². The molecule has 0 atom stereocenters. The monoisotopic (exact) mass is 325 g/mol. The van der Waals surface area contributed by atoms with E-state index in [9.17, 15) is 0 Å². The molecule has 126 valence electrons. The molecular formula is C18H24BN3O2. The third-order valence-corrected chi connectivity index (χ3v) is 5.41. The largest absolute Gasteiger partial charge is 0.494 e. The highest BCUT2D eigenvalue weighted by molar-refractivity contribution is 6.62. The predicted molar refractivity (Wildman–Crippen MR) is 93.9 cm³/mol. The van der Waals surface area contributed by atoms with Crippen molar-refractivity contribution >= 4 is 12.6 Å². The Labute approximate surface area is 143 Å². The number of hydrogen-bond donors (Lipinski definition) is 0. The lowest BCUT2D eigenvalue weighted by atomic mass is 9.79. The Morgan fingerprint density at radius 3 is 2.29 bits per heavy atom. The highest BCUT2D eigenvalue weighted by Gasteiger charge is 2.51. The lowest BCUT2D eigenvalue weighted by Gasteiger charge is -2.32. The molecule has 1 saturated heterocycles. The van der Waals surface area contributed by atoms with Crippen molar-refractivity contribution in [3.05, 3.63) is 30.5 Å². The van der Waals surface area contributed by atoms with Gasteiger partial charge in [-0.3, -0.25) is 4.68 Å². The maximum atomic E-state index is 6.10. The molecule has 1 aromatic carbocycles. The summed E-state index contributed by atoms with van der Waals surface area (Å²) in [6, 6.07) is 8.23. The molecule has 0 unspecified atom stereocenters. The van der Waals surface area contributed by atoms with Gasteiger partial charge in [-0.2, -0.15) is 0 Å². The molecule has 0 radical (unpaired) electrons. The molecule has 24 heavy (non-hydrogen) atoms. The van der Waals surface area contributed by atoms with E-state index in [0.717, 1.165) is 29.2 Å². The third kappa shape index (κ3) is 2.89. The van der Waals surface area contributed by atoms with E-state index in [-0.39, 0.29) is 18.3 Å². The minimum atomic E-state index is -0.324. The van der Waals surface area contributed by atoms with Gasteiger partial charge in [0.2, 0.25) is 0 Å². The molecule has 2 fully saturated rings. The zero-order valence-electron chi connectivity index (χ0n) is 14.8. The fourth-order valence-electron chi connectivity index (χ4n) is 2.88. The summed E-state index contributed by atoms with van der Waals surface area (Å²) in [6.07, 6.45) is 4.66. The van der Waals surface area contributed by atoms with Crippen molar-refractivity contribution in [2.75, 3.05) is 0 Å². The van der Waals surface area contributed by atoms with Crippen LogP contribution < -0.4 is 5.46 Å². The van der Waals surface area contributed by atoms with Crippen LogP contribution in [0.2, 0.25) is 0 Å². The molecule has 2 heterocycles. The zero-order valence-corrected chi connectivity index (χ0v) is 14.8. The average Bonchev–Trinajstić information content (AvgIpc) is 3.15. The van der Waals surface area contributed by atoms with Gasteiger partial charge < -0.3 is 9.31 Å². The van der Waals surface area contributed by atoms with Crippen LogP contribution in [0.1, 0.15) is 40.5 Å². The van der Waals surface area contributed by atoms with E-state index in [1.807, 2.05) is 10.9 Å². The van der Waals surface area contributed by atoms with E-state index in [2.05, 4.69) is 62.3 Å². The summed E-state index contributed by atoms with van der Waals surface area (Å²) in [7, 11) is -0.324. The van der Waals surface area contributed by atoms with E-state index >= 15 is 0 Å². The molecule has 2 aromatic rings. The topological polar surface area (TPSA) is 49.2 Å². The molecule has 1 aromatic heterocycles. The Kier molecular flexibility index (Phi) is 3.58. The standard InChI is InChI=1S/C18H24BN3O2/c1-17(2)18(3,4)24-19(23-17)15-9-7-14(8-10-15)16-12-22(21-20-16)11-13-5-6-13/h7-10,12-13H,5-6,11H2,1-4H3. The van der Waals surface area contributed by atoms with E-state index < -0.39 is 0 Å². The summed E-state index contributed by atoms with van der Waals surface area (Å²) in [5, 5.41) is 8.52. The summed E-state index contributed by atoms with van der Waals surface area (Å²) in [5.74, 6) is 0.797. The molecule has 0 bridgehead atoms. The molecule has 4 rings (SSSR count). The van der Waals surface area contributed by atoms with Crippen LogP contribution in [0.5, 0.6) is 0 Å². The maximum absolute atomic E-state index is 6.10. The Hall–Kier alpha value is -1.66. The van der Waals surface area contributed by atoms with Gasteiger partial charge in [0.25, 0.3) is 0 Å². The van der Waals surface area contributed by atoms with Crippen molar-refractivity contribution in [3.63, 3.8) is 0 Å². The van der Waals surface area contributed by atoms with Crippen molar-refractivity contribution in [1.82, 2.24) is 15.0 Å². The van der Waals surface area contributed by atoms with Crippen molar-refractivity contribution in [1.29, 1.82) is 0 Å². The van der Waals surface area contributed by atoms with Crippen LogP contribution in [0.3, 0.4) is 0 Å². The van der Waals surface area contributed by atoms with E-state index in [1.54, 1.807) is 0 Å². The lowest BCUT2D eigenvalue weighted by Crippen LogP contribution is -2.41. The summed E-state index contributed by atoms with van der Waals surface area (Å²) in [5.41, 5.74) is 2.38. The van der Waals surface area contributed by atoms with Crippen LogP contribution in [0, 0.1) is 5.92 Å². The van der Waals surface area contributed by atoms with E-state index in [4.69, 9.17) is 9.31 Å². The smallest absolute Gasteiger partial charge is 0.399 e. The molecule has 1 aliphatic heterocycles. The highest BCUT2D eigenvalue weighted by atomic mass is 16.7. The van der Waals surface area contributed by atoms with Gasteiger partial charge in [0.05, 0.1) is 17.4 Å². The number of nitrogens with zero attached hydrogens (tertiary/aromatic N) is 3. The molecular weight excluding hydrogens is 301 g/mol. The first-order chi connectivity index (χ1) is 11.3. The van der Waals surface area contributed by atoms with Crippen molar-refractivity contribution < 1.29 is 9.31 Å². The Bertz CT molecular complexity index is 719. The van der Waals surface area contributed by atoms with E-state index in [1.165, 1.54) is 12.8 Å². The minimum absolute atomic E-state index is 0.318.